The number of benzene rings is 1. The number of halogens is 4. The average molecular weight is 340 g/mol. The quantitative estimate of drug-likeness (QED) is 0.591. The van der Waals surface area contributed by atoms with E-state index >= 15 is 0 Å². The van der Waals surface area contributed by atoms with Crippen molar-refractivity contribution in [1.29, 1.82) is 0 Å². The van der Waals surface area contributed by atoms with Gasteiger partial charge < -0.3 is 0 Å². The molecule has 0 N–H and O–H groups in total. The van der Waals surface area contributed by atoms with Crippen LogP contribution < -0.4 is 0 Å². The zero-order valence-corrected chi connectivity index (χ0v) is 12.7. The molecule has 0 bridgehead atoms. The van der Waals surface area contributed by atoms with Crippen LogP contribution in [0.5, 0.6) is 0 Å². The molecule has 8 heteroatoms. The van der Waals surface area contributed by atoms with Crippen molar-refractivity contribution in [2.24, 2.45) is 5.41 Å². The topological polar surface area (TPSA) is 52.0 Å². The van der Waals surface area contributed by atoms with Gasteiger partial charge in [-0.05, 0) is 24.3 Å². The summed E-state index contributed by atoms with van der Waals surface area (Å²) in [5, 5.41) is 3.51. The van der Waals surface area contributed by atoms with Crippen molar-refractivity contribution < 1.29 is 27.2 Å². The Kier molecular flexibility index (Phi) is 3.40. The standard InChI is InChI=1S/C16H12F4N2O2/c1-15(2)7-10-11(12(23)14(15)24)13(16(18,19)20)21-22(10)9-5-3-8(17)4-6-9/h3-6H,7H2,1-2H3. The molecular formula is C16H12F4N2O2. The van der Waals surface area contributed by atoms with E-state index in [4.69, 9.17) is 0 Å². The monoisotopic (exact) mass is 340 g/mol. The molecule has 4 nitrogen and oxygen atoms in total. The second-order valence-corrected chi connectivity index (χ2v) is 6.28. The van der Waals surface area contributed by atoms with Gasteiger partial charge in [0.05, 0.1) is 16.9 Å². The van der Waals surface area contributed by atoms with Crippen molar-refractivity contribution in [2.45, 2.75) is 26.4 Å². The highest BCUT2D eigenvalue weighted by molar-refractivity contribution is 6.46. The number of hydrogen-bond acceptors (Lipinski definition) is 3. The van der Waals surface area contributed by atoms with Gasteiger partial charge in [-0.2, -0.15) is 18.3 Å². The second-order valence-electron chi connectivity index (χ2n) is 6.28. The summed E-state index contributed by atoms with van der Waals surface area (Å²) in [5.74, 6) is -2.62. The molecule has 1 aliphatic carbocycles. The van der Waals surface area contributed by atoms with Gasteiger partial charge in [0.2, 0.25) is 11.6 Å². The molecule has 0 saturated carbocycles. The van der Waals surface area contributed by atoms with Gasteiger partial charge in [0.1, 0.15) is 5.82 Å². The highest BCUT2D eigenvalue weighted by atomic mass is 19.4. The lowest BCUT2D eigenvalue weighted by Crippen LogP contribution is -2.39. The number of aromatic nitrogens is 2. The third kappa shape index (κ3) is 2.42. The number of rotatable bonds is 1. The van der Waals surface area contributed by atoms with E-state index in [0.29, 0.717) is 0 Å². The molecule has 1 heterocycles. The van der Waals surface area contributed by atoms with E-state index in [9.17, 15) is 27.2 Å². The maximum Gasteiger partial charge on any atom is 0.435 e. The summed E-state index contributed by atoms with van der Waals surface area (Å²) in [6.45, 7) is 2.98. The van der Waals surface area contributed by atoms with Gasteiger partial charge in [-0.3, -0.25) is 9.59 Å². The van der Waals surface area contributed by atoms with E-state index in [0.717, 1.165) is 16.8 Å². The molecular weight excluding hydrogens is 328 g/mol. The maximum atomic E-state index is 13.3. The summed E-state index contributed by atoms with van der Waals surface area (Å²) in [6.07, 6.45) is -4.96. The minimum atomic E-state index is -4.88. The van der Waals surface area contributed by atoms with Gasteiger partial charge in [-0.1, -0.05) is 13.8 Å². The Bertz CT molecular complexity index is 848. The van der Waals surface area contributed by atoms with Crippen LogP contribution in [0.2, 0.25) is 0 Å². The largest absolute Gasteiger partial charge is 0.435 e. The molecule has 1 aliphatic rings. The van der Waals surface area contributed by atoms with Crippen LogP contribution in [0.25, 0.3) is 5.69 Å². The number of carbonyl (C=O) groups is 2. The van der Waals surface area contributed by atoms with Crippen molar-refractivity contribution in [3.63, 3.8) is 0 Å². The van der Waals surface area contributed by atoms with Crippen molar-refractivity contribution in [3.05, 3.63) is 47.0 Å². The van der Waals surface area contributed by atoms with Gasteiger partial charge >= 0.3 is 6.18 Å². The first-order valence-corrected chi connectivity index (χ1v) is 7.06. The number of Topliss-reactive ketones (excluding diaryl/α,β-unsaturated/α-hetero) is 2. The molecule has 0 unspecified atom stereocenters. The summed E-state index contributed by atoms with van der Waals surface area (Å²) < 4.78 is 53.8. The van der Waals surface area contributed by atoms with Crippen molar-refractivity contribution in [2.75, 3.05) is 0 Å². The first-order valence-electron chi connectivity index (χ1n) is 7.06. The number of carbonyl (C=O) groups excluding carboxylic acids is 2. The van der Waals surface area contributed by atoms with Gasteiger partial charge in [-0.25, -0.2) is 9.07 Å². The third-order valence-electron chi connectivity index (χ3n) is 3.98. The molecule has 0 fully saturated rings. The summed E-state index contributed by atoms with van der Waals surface area (Å²) >= 11 is 0. The number of hydrogen-bond donors (Lipinski definition) is 0. The number of ketones is 2. The summed E-state index contributed by atoms with van der Waals surface area (Å²) in [6, 6.07) is 4.68. The minimum absolute atomic E-state index is 0.00327. The predicted octanol–water partition coefficient (Wildman–Crippen LogP) is 3.36. The molecule has 0 atom stereocenters. The minimum Gasteiger partial charge on any atom is -0.290 e. The van der Waals surface area contributed by atoms with Crippen LogP contribution in [0.15, 0.2) is 24.3 Å². The summed E-state index contributed by atoms with van der Waals surface area (Å²) in [7, 11) is 0. The zero-order chi connectivity index (χ0) is 17.9. The molecule has 3 rings (SSSR count). The van der Waals surface area contributed by atoms with E-state index in [2.05, 4.69) is 5.10 Å². The van der Waals surface area contributed by atoms with Gasteiger partial charge in [-0.15, -0.1) is 0 Å². The lowest BCUT2D eigenvalue weighted by Gasteiger charge is -2.27. The average Bonchev–Trinajstić information content (AvgIpc) is 2.84. The van der Waals surface area contributed by atoms with Gasteiger partial charge in [0, 0.05) is 11.8 Å². The number of alkyl halides is 3. The van der Waals surface area contributed by atoms with Gasteiger partial charge in [0.15, 0.2) is 5.69 Å². The fourth-order valence-corrected chi connectivity index (χ4v) is 2.77. The summed E-state index contributed by atoms with van der Waals surface area (Å²) in [4.78, 5) is 24.3. The Hall–Kier alpha value is -2.51. The lowest BCUT2D eigenvalue weighted by molar-refractivity contribution is -0.141. The Balaban J connectivity index is 2.30. The molecule has 1 aromatic carbocycles. The highest BCUT2D eigenvalue weighted by Gasteiger charge is 2.49. The maximum absolute atomic E-state index is 13.3. The lowest BCUT2D eigenvalue weighted by atomic mass is 9.74. The van der Waals surface area contributed by atoms with E-state index in [-0.39, 0.29) is 17.8 Å². The van der Waals surface area contributed by atoms with Crippen LogP contribution in [0.1, 0.15) is 35.6 Å². The molecule has 126 valence electrons. The van der Waals surface area contributed by atoms with Crippen LogP contribution >= 0.6 is 0 Å². The summed E-state index contributed by atoms with van der Waals surface area (Å²) in [5.41, 5.74) is -3.05. The molecule has 2 aromatic rings. The predicted molar refractivity (Wildman–Crippen MR) is 75.3 cm³/mol. The fourth-order valence-electron chi connectivity index (χ4n) is 2.77. The van der Waals surface area contributed by atoms with Crippen molar-refractivity contribution in [1.82, 2.24) is 9.78 Å². The molecule has 0 spiro atoms. The Morgan fingerprint density at radius 1 is 1.12 bits per heavy atom. The van der Waals surface area contributed by atoms with Crippen LogP contribution in [-0.2, 0) is 17.4 Å². The van der Waals surface area contributed by atoms with Crippen LogP contribution in [0.4, 0.5) is 17.6 Å². The molecule has 1 aromatic heterocycles. The van der Waals surface area contributed by atoms with Gasteiger partial charge in [0.25, 0.3) is 0 Å². The zero-order valence-electron chi connectivity index (χ0n) is 12.7. The number of nitrogens with zero attached hydrogens (tertiary/aromatic N) is 2. The molecule has 0 radical (unpaired) electrons. The molecule has 0 amide bonds. The normalized spacial score (nSPS) is 17.1. The fraction of sp³-hybridized carbons (Fsp3) is 0.312. The van der Waals surface area contributed by atoms with Crippen LogP contribution in [-0.4, -0.2) is 21.3 Å². The van der Waals surface area contributed by atoms with Crippen LogP contribution in [0.3, 0.4) is 0 Å². The van der Waals surface area contributed by atoms with E-state index in [1.807, 2.05) is 0 Å². The Labute approximate surface area is 134 Å². The van der Waals surface area contributed by atoms with Crippen molar-refractivity contribution >= 4 is 11.6 Å². The Morgan fingerprint density at radius 3 is 2.25 bits per heavy atom. The van der Waals surface area contributed by atoms with E-state index in [1.54, 1.807) is 0 Å². The third-order valence-corrected chi connectivity index (χ3v) is 3.98. The van der Waals surface area contributed by atoms with Crippen molar-refractivity contribution in [3.8, 4) is 5.69 Å². The molecule has 24 heavy (non-hydrogen) atoms. The highest BCUT2D eigenvalue weighted by Crippen LogP contribution is 2.40. The molecule has 0 aliphatic heterocycles. The first-order chi connectivity index (χ1) is 11.0. The smallest absolute Gasteiger partial charge is 0.290 e. The second kappa shape index (κ2) is 4.99. The first kappa shape index (κ1) is 16.4. The van der Waals surface area contributed by atoms with E-state index in [1.165, 1.54) is 26.0 Å². The SMILES string of the molecule is CC1(C)Cc2c(c(C(F)(F)F)nn2-c2ccc(F)cc2)C(=O)C1=O. The Morgan fingerprint density at radius 2 is 1.71 bits per heavy atom. The number of fused-ring (bicyclic) bond motifs is 1. The van der Waals surface area contributed by atoms with Crippen LogP contribution in [0, 0.1) is 11.2 Å². The van der Waals surface area contributed by atoms with E-state index < -0.39 is 40.2 Å². The molecule has 0 saturated heterocycles.